The number of allylic oxidation sites excluding steroid dienone is 2. The third-order valence-electron chi connectivity index (χ3n) is 3.16. The highest BCUT2D eigenvalue weighted by atomic mass is 14.9. The fourth-order valence-electron chi connectivity index (χ4n) is 2.17. The molecule has 1 aromatic carbocycles. The Morgan fingerprint density at radius 1 is 1.38 bits per heavy atom. The van der Waals surface area contributed by atoms with Gasteiger partial charge in [-0.3, -0.25) is 0 Å². The van der Waals surface area contributed by atoms with Crippen LogP contribution in [0, 0.1) is 6.92 Å². The predicted molar refractivity (Wildman–Crippen MR) is 71.6 cm³/mol. The molecule has 1 aliphatic heterocycles. The molecule has 0 fully saturated rings. The van der Waals surface area contributed by atoms with Gasteiger partial charge in [0, 0.05) is 11.4 Å². The van der Waals surface area contributed by atoms with Crippen LogP contribution in [-0.2, 0) is 6.42 Å². The molecule has 1 heteroatoms. The van der Waals surface area contributed by atoms with Crippen molar-refractivity contribution >= 4 is 11.8 Å². The van der Waals surface area contributed by atoms with Gasteiger partial charge < -0.3 is 5.32 Å². The van der Waals surface area contributed by atoms with E-state index in [1.54, 1.807) is 0 Å². The Balaban J connectivity index is 2.40. The largest absolute Gasteiger partial charge is 0.359 e. The molecular weight excluding hydrogens is 194 g/mol. The second kappa shape index (κ2) is 4.56. The first-order chi connectivity index (χ1) is 7.72. The molecule has 84 valence electrons. The molecule has 0 unspecified atom stereocenters. The van der Waals surface area contributed by atoms with Crippen LogP contribution in [-0.4, -0.2) is 0 Å². The fraction of sp³-hybridized carbons (Fsp3) is 0.333. The van der Waals surface area contributed by atoms with E-state index >= 15 is 0 Å². The number of hydrogen-bond donors (Lipinski definition) is 1. The van der Waals surface area contributed by atoms with Crippen LogP contribution in [0.15, 0.2) is 30.5 Å². The molecule has 0 spiro atoms. The van der Waals surface area contributed by atoms with Gasteiger partial charge in [0.15, 0.2) is 0 Å². The fourth-order valence-corrected chi connectivity index (χ4v) is 2.17. The third-order valence-corrected chi connectivity index (χ3v) is 3.16. The zero-order chi connectivity index (χ0) is 11.5. The summed E-state index contributed by atoms with van der Waals surface area (Å²) in [4.78, 5) is 0. The molecule has 1 aromatic rings. The highest BCUT2D eigenvalue weighted by Gasteiger charge is 2.14. The number of fused-ring (bicyclic) bond motifs is 1. The average Bonchev–Trinajstić information content (AvgIpc) is 2.28. The van der Waals surface area contributed by atoms with E-state index in [2.05, 4.69) is 50.0 Å². The van der Waals surface area contributed by atoms with Crippen molar-refractivity contribution in [1.82, 2.24) is 0 Å². The van der Waals surface area contributed by atoms with Crippen molar-refractivity contribution < 1.29 is 0 Å². The molecule has 0 aliphatic carbocycles. The van der Waals surface area contributed by atoms with Gasteiger partial charge in [-0.2, -0.15) is 0 Å². The van der Waals surface area contributed by atoms with Crippen molar-refractivity contribution in [2.75, 3.05) is 5.32 Å². The van der Waals surface area contributed by atoms with Gasteiger partial charge >= 0.3 is 0 Å². The smallest absolute Gasteiger partial charge is 0.0417 e. The van der Waals surface area contributed by atoms with Crippen LogP contribution in [0.2, 0.25) is 0 Å². The highest BCUT2D eigenvalue weighted by molar-refractivity contribution is 5.67. The minimum atomic E-state index is 1.05. The van der Waals surface area contributed by atoms with Crippen molar-refractivity contribution in [2.45, 2.75) is 33.1 Å². The second-order valence-corrected chi connectivity index (χ2v) is 4.35. The number of anilines is 1. The van der Waals surface area contributed by atoms with E-state index in [0.29, 0.717) is 0 Å². The lowest BCUT2D eigenvalue weighted by Crippen LogP contribution is -2.10. The molecule has 1 N–H and O–H groups in total. The number of rotatable bonds is 2. The monoisotopic (exact) mass is 213 g/mol. The van der Waals surface area contributed by atoms with Gasteiger partial charge in [-0.15, -0.1) is 0 Å². The molecule has 1 heterocycles. The van der Waals surface area contributed by atoms with Crippen molar-refractivity contribution in [1.29, 1.82) is 0 Å². The number of hydrogen-bond acceptors (Lipinski definition) is 1. The third kappa shape index (κ3) is 2.04. The Bertz CT molecular complexity index is 441. The van der Waals surface area contributed by atoms with E-state index in [9.17, 15) is 0 Å². The van der Waals surface area contributed by atoms with E-state index in [1.807, 2.05) is 0 Å². The standard InChI is InChI=1S/C15H19N/c1-4-5-6-13-8-10-15-14(12(13)3)9-7-11(2)16-15/h5-6,8,10,16H,2,4,7,9H2,1,3H3/b6-5-. The highest BCUT2D eigenvalue weighted by Crippen LogP contribution is 2.30. The summed E-state index contributed by atoms with van der Waals surface area (Å²) in [5.41, 5.74) is 6.56. The summed E-state index contributed by atoms with van der Waals surface area (Å²) in [6.07, 6.45) is 7.68. The van der Waals surface area contributed by atoms with Gasteiger partial charge in [0.1, 0.15) is 0 Å². The molecule has 0 bridgehead atoms. The predicted octanol–water partition coefficient (Wildman–Crippen LogP) is 4.29. The van der Waals surface area contributed by atoms with Gasteiger partial charge in [0.05, 0.1) is 0 Å². The SMILES string of the molecule is C=C1CCc2c(ccc(/C=C\CC)c2C)N1. The molecule has 1 nitrogen and oxygen atoms in total. The maximum atomic E-state index is 3.99. The molecule has 0 saturated carbocycles. The molecule has 0 atom stereocenters. The first-order valence-electron chi connectivity index (χ1n) is 5.96. The van der Waals surface area contributed by atoms with E-state index in [-0.39, 0.29) is 0 Å². The summed E-state index contributed by atoms with van der Waals surface area (Å²) < 4.78 is 0. The topological polar surface area (TPSA) is 12.0 Å². The molecule has 0 aromatic heterocycles. The van der Waals surface area contributed by atoms with Crippen LogP contribution in [0.4, 0.5) is 5.69 Å². The molecule has 1 aliphatic rings. The van der Waals surface area contributed by atoms with Crippen molar-refractivity contribution in [3.63, 3.8) is 0 Å². The zero-order valence-electron chi connectivity index (χ0n) is 10.1. The van der Waals surface area contributed by atoms with Crippen LogP contribution >= 0.6 is 0 Å². The van der Waals surface area contributed by atoms with Gasteiger partial charge in [-0.05, 0) is 48.9 Å². The Morgan fingerprint density at radius 2 is 2.19 bits per heavy atom. The van der Waals surface area contributed by atoms with E-state index in [0.717, 1.165) is 25.0 Å². The second-order valence-electron chi connectivity index (χ2n) is 4.35. The van der Waals surface area contributed by atoms with Gasteiger partial charge in [-0.1, -0.05) is 31.7 Å². The number of nitrogens with one attached hydrogen (secondary N) is 1. The van der Waals surface area contributed by atoms with E-state index < -0.39 is 0 Å². The minimum Gasteiger partial charge on any atom is -0.359 e. The maximum absolute atomic E-state index is 3.99. The first-order valence-corrected chi connectivity index (χ1v) is 5.96. The molecule has 16 heavy (non-hydrogen) atoms. The lowest BCUT2D eigenvalue weighted by Gasteiger charge is -2.22. The summed E-state index contributed by atoms with van der Waals surface area (Å²) >= 11 is 0. The maximum Gasteiger partial charge on any atom is 0.0417 e. The van der Waals surface area contributed by atoms with Crippen LogP contribution in [0.5, 0.6) is 0 Å². The lowest BCUT2D eigenvalue weighted by molar-refractivity contribution is 0.908. The number of benzene rings is 1. The quantitative estimate of drug-likeness (QED) is 0.772. The first kappa shape index (κ1) is 11.0. The lowest BCUT2D eigenvalue weighted by atomic mass is 9.93. The van der Waals surface area contributed by atoms with Crippen molar-refractivity contribution in [2.24, 2.45) is 0 Å². The molecule has 0 saturated heterocycles. The average molecular weight is 213 g/mol. The van der Waals surface area contributed by atoms with Crippen molar-refractivity contribution in [3.05, 3.63) is 47.2 Å². The van der Waals surface area contributed by atoms with Crippen LogP contribution in [0.3, 0.4) is 0 Å². The molecule has 2 rings (SSSR count). The summed E-state index contributed by atoms with van der Waals surface area (Å²) in [5, 5.41) is 3.37. The van der Waals surface area contributed by atoms with Crippen LogP contribution in [0.1, 0.15) is 36.5 Å². The van der Waals surface area contributed by atoms with Gasteiger partial charge in [0.2, 0.25) is 0 Å². The minimum absolute atomic E-state index is 1.05. The molecular formula is C15H19N. The van der Waals surface area contributed by atoms with E-state index in [4.69, 9.17) is 0 Å². The Labute approximate surface area is 97.9 Å². The van der Waals surface area contributed by atoms with Crippen molar-refractivity contribution in [3.8, 4) is 0 Å². The molecule has 0 amide bonds. The summed E-state index contributed by atoms with van der Waals surface area (Å²) in [7, 11) is 0. The normalized spacial score (nSPS) is 15.0. The van der Waals surface area contributed by atoms with Crippen LogP contribution < -0.4 is 5.32 Å². The summed E-state index contributed by atoms with van der Waals surface area (Å²) in [6.45, 7) is 8.36. The van der Waals surface area contributed by atoms with Gasteiger partial charge in [0.25, 0.3) is 0 Å². The van der Waals surface area contributed by atoms with Crippen LogP contribution in [0.25, 0.3) is 6.08 Å². The Hall–Kier alpha value is -1.50. The van der Waals surface area contributed by atoms with Gasteiger partial charge in [-0.25, -0.2) is 0 Å². The Kier molecular flexibility index (Phi) is 3.14. The Morgan fingerprint density at radius 3 is 2.94 bits per heavy atom. The van der Waals surface area contributed by atoms with E-state index in [1.165, 1.54) is 22.4 Å². The molecule has 0 radical (unpaired) electrons. The zero-order valence-corrected chi connectivity index (χ0v) is 10.1. The summed E-state index contributed by atoms with van der Waals surface area (Å²) in [6, 6.07) is 4.36. The summed E-state index contributed by atoms with van der Waals surface area (Å²) in [5.74, 6) is 0.